The molecule has 1 rings (SSSR count). The van der Waals surface area contributed by atoms with E-state index in [1.165, 1.54) is 51.4 Å². The minimum absolute atomic E-state index is 0.749. The summed E-state index contributed by atoms with van der Waals surface area (Å²) < 4.78 is 5.73. The third-order valence-electron chi connectivity index (χ3n) is 4.24. The van der Waals surface area contributed by atoms with Gasteiger partial charge in [0, 0.05) is 6.08 Å². The molecule has 1 N–H and O–H groups in total. The summed E-state index contributed by atoms with van der Waals surface area (Å²) in [6.45, 7) is 5.35. The predicted molar refractivity (Wildman–Crippen MR) is 105 cm³/mol. The second-order valence-corrected chi connectivity index (χ2v) is 7.10. The van der Waals surface area contributed by atoms with Gasteiger partial charge in [0.2, 0.25) is 0 Å². The van der Waals surface area contributed by atoms with Crippen molar-refractivity contribution in [2.45, 2.75) is 71.6 Å². The van der Waals surface area contributed by atoms with Crippen LogP contribution in [-0.2, 0) is 4.79 Å². The smallest absolute Gasteiger partial charge is 0.328 e. The lowest BCUT2D eigenvalue weighted by Gasteiger charge is -2.07. The molecule has 0 aliphatic rings. The van der Waals surface area contributed by atoms with Gasteiger partial charge in [0.05, 0.1) is 6.61 Å². The summed E-state index contributed by atoms with van der Waals surface area (Å²) in [6.07, 6.45) is 14.6. The second-order valence-electron chi connectivity index (χ2n) is 7.10. The highest BCUT2D eigenvalue weighted by atomic mass is 16.5. The highest BCUT2D eigenvalue weighted by molar-refractivity contribution is 5.85. The third-order valence-corrected chi connectivity index (χ3v) is 4.24. The molecule has 3 nitrogen and oxygen atoms in total. The van der Waals surface area contributed by atoms with Gasteiger partial charge >= 0.3 is 5.97 Å². The molecule has 0 saturated heterocycles. The van der Waals surface area contributed by atoms with Crippen molar-refractivity contribution in [1.29, 1.82) is 0 Å². The fourth-order valence-corrected chi connectivity index (χ4v) is 2.75. The third kappa shape index (κ3) is 12.3. The average Bonchev–Trinajstić information content (AvgIpc) is 2.58. The molecule has 140 valence electrons. The highest BCUT2D eigenvalue weighted by Gasteiger charge is 1.97. The van der Waals surface area contributed by atoms with E-state index in [1.54, 1.807) is 6.08 Å². The van der Waals surface area contributed by atoms with E-state index in [0.717, 1.165) is 36.3 Å². The van der Waals surface area contributed by atoms with Crippen molar-refractivity contribution in [2.24, 2.45) is 5.92 Å². The molecule has 0 heterocycles. The van der Waals surface area contributed by atoms with E-state index in [1.807, 2.05) is 24.3 Å². The molecule has 0 aliphatic carbocycles. The molecule has 0 aromatic heterocycles. The molecule has 0 spiro atoms. The van der Waals surface area contributed by atoms with Gasteiger partial charge in [-0.15, -0.1) is 0 Å². The van der Waals surface area contributed by atoms with Crippen molar-refractivity contribution in [1.82, 2.24) is 0 Å². The number of carbonyl (C=O) groups is 1. The molecule has 0 aliphatic heterocycles. The van der Waals surface area contributed by atoms with Gasteiger partial charge in [-0.05, 0) is 36.1 Å². The van der Waals surface area contributed by atoms with Crippen molar-refractivity contribution in [3.63, 3.8) is 0 Å². The number of carboxylic acid groups (broad SMARTS) is 1. The first-order chi connectivity index (χ1) is 12.1. The summed E-state index contributed by atoms with van der Waals surface area (Å²) in [5.41, 5.74) is 0.864. The predicted octanol–water partition coefficient (Wildman–Crippen LogP) is 6.33. The van der Waals surface area contributed by atoms with E-state index < -0.39 is 5.97 Å². The number of carboxylic acids is 1. The number of rotatable bonds is 14. The van der Waals surface area contributed by atoms with Gasteiger partial charge < -0.3 is 9.84 Å². The first kappa shape index (κ1) is 21.3. The molecule has 0 saturated carbocycles. The Morgan fingerprint density at radius 1 is 0.960 bits per heavy atom. The Morgan fingerprint density at radius 2 is 1.52 bits per heavy atom. The van der Waals surface area contributed by atoms with E-state index in [-0.39, 0.29) is 0 Å². The van der Waals surface area contributed by atoms with Crippen LogP contribution >= 0.6 is 0 Å². The largest absolute Gasteiger partial charge is 0.494 e. The fraction of sp³-hybridized carbons (Fsp3) is 0.591. The quantitative estimate of drug-likeness (QED) is 0.316. The van der Waals surface area contributed by atoms with E-state index >= 15 is 0 Å². The van der Waals surface area contributed by atoms with Gasteiger partial charge in [-0.2, -0.15) is 0 Å². The molecular formula is C22H34O3. The zero-order valence-corrected chi connectivity index (χ0v) is 15.9. The van der Waals surface area contributed by atoms with Crippen LogP contribution in [0.4, 0.5) is 0 Å². The van der Waals surface area contributed by atoms with Crippen molar-refractivity contribution in [3.05, 3.63) is 35.9 Å². The summed E-state index contributed by atoms with van der Waals surface area (Å²) >= 11 is 0. The molecule has 0 bridgehead atoms. The number of aliphatic carboxylic acids is 1. The van der Waals surface area contributed by atoms with E-state index in [4.69, 9.17) is 9.84 Å². The SMILES string of the molecule is CC(C)CCCCCCCCCCOc1ccc(C=CC(=O)O)cc1. The average molecular weight is 347 g/mol. The molecule has 0 radical (unpaired) electrons. The minimum Gasteiger partial charge on any atom is -0.494 e. The first-order valence-corrected chi connectivity index (χ1v) is 9.72. The lowest BCUT2D eigenvalue weighted by Crippen LogP contribution is -1.97. The maximum absolute atomic E-state index is 10.5. The first-order valence-electron chi connectivity index (χ1n) is 9.72. The molecule has 0 atom stereocenters. The molecular weight excluding hydrogens is 312 g/mol. The molecule has 3 heteroatoms. The lowest BCUT2D eigenvalue weighted by molar-refractivity contribution is -0.131. The topological polar surface area (TPSA) is 46.5 Å². The summed E-state index contributed by atoms with van der Waals surface area (Å²) in [5.74, 6) is 0.755. The summed E-state index contributed by atoms with van der Waals surface area (Å²) in [7, 11) is 0. The molecule has 1 aromatic rings. The molecule has 0 fully saturated rings. The molecule has 0 unspecified atom stereocenters. The number of hydrogen-bond acceptors (Lipinski definition) is 2. The normalized spacial score (nSPS) is 11.3. The standard InChI is InChI=1S/C22H34O3/c1-19(2)11-9-7-5-3-4-6-8-10-18-25-21-15-12-20(13-16-21)14-17-22(23)24/h12-17,19H,3-11,18H2,1-2H3,(H,23,24). The maximum Gasteiger partial charge on any atom is 0.328 e. The Balaban J connectivity index is 1.98. The van der Waals surface area contributed by atoms with Crippen LogP contribution in [0.25, 0.3) is 6.08 Å². The number of hydrogen-bond donors (Lipinski definition) is 1. The Hall–Kier alpha value is -1.77. The van der Waals surface area contributed by atoms with Gasteiger partial charge in [-0.1, -0.05) is 77.3 Å². The minimum atomic E-state index is -0.934. The fourth-order valence-electron chi connectivity index (χ4n) is 2.75. The van der Waals surface area contributed by atoms with Crippen LogP contribution in [0.5, 0.6) is 5.75 Å². The zero-order chi connectivity index (χ0) is 18.3. The number of unbranched alkanes of at least 4 members (excludes halogenated alkanes) is 7. The van der Waals surface area contributed by atoms with Crippen LogP contribution in [0.2, 0.25) is 0 Å². The van der Waals surface area contributed by atoms with Crippen molar-refractivity contribution < 1.29 is 14.6 Å². The van der Waals surface area contributed by atoms with Gasteiger partial charge in [0.25, 0.3) is 0 Å². The number of benzene rings is 1. The Labute approximate surface area is 153 Å². The van der Waals surface area contributed by atoms with Crippen LogP contribution < -0.4 is 4.74 Å². The Kier molecular flexibility index (Phi) is 11.5. The van der Waals surface area contributed by atoms with Crippen molar-refractivity contribution >= 4 is 12.0 Å². The second kappa shape index (κ2) is 13.5. The van der Waals surface area contributed by atoms with Gasteiger partial charge in [-0.25, -0.2) is 4.79 Å². The van der Waals surface area contributed by atoms with E-state index in [9.17, 15) is 4.79 Å². The van der Waals surface area contributed by atoms with Crippen molar-refractivity contribution in [3.8, 4) is 5.75 Å². The van der Waals surface area contributed by atoms with E-state index in [2.05, 4.69) is 13.8 Å². The van der Waals surface area contributed by atoms with Crippen LogP contribution in [0.1, 0.15) is 77.2 Å². The Morgan fingerprint density at radius 3 is 2.08 bits per heavy atom. The molecule has 1 aromatic carbocycles. The monoisotopic (exact) mass is 346 g/mol. The summed E-state index contributed by atoms with van der Waals surface area (Å²) in [4.78, 5) is 10.5. The summed E-state index contributed by atoms with van der Waals surface area (Å²) in [5, 5.41) is 8.60. The molecule has 0 amide bonds. The van der Waals surface area contributed by atoms with Crippen LogP contribution in [-0.4, -0.2) is 17.7 Å². The van der Waals surface area contributed by atoms with Crippen LogP contribution in [0.3, 0.4) is 0 Å². The van der Waals surface area contributed by atoms with Crippen LogP contribution in [0, 0.1) is 5.92 Å². The maximum atomic E-state index is 10.5. The lowest BCUT2D eigenvalue weighted by atomic mass is 10.0. The molecule has 25 heavy (non-hydrogen) atoms. The van der Waals surface area contributed by atoms with Crippen molar-refractivity contribution in [2.75, 3.05) is 6.61 Å². The zero-order valence-electron chi connectivity index (χ0n) is 15.9. The van der Waals surface area contributed by atoms with Crippen LogP contribution in [0.15, 0.2) is 30.3 Å². The Bertz CT molecular complexity index is 488. The highest BCUT2D eigenvalue weighted by Crippen LogP contribution is 2.15. The van der Waals surface area contributed by atoms with Gasteiger partial charge in [0.1, 0.15) is 5.75 Å². The van der Waals surface area contributed by atoms with Gasteiger partial charge in [0.15, 0.2) is 0 Å². The number of ether oxygens (including phenoxy) is 1. The van der Waals surface area contributed by atoms with E-state index in [0.29, 0.717) is 0 Å². The van der Waals surface area contributed by atoms with Gasteiger partial charge in [-0.3, -0.25) is 0 Å². The summed E-state index contributed by atoms with van der Waals surface area (Å²) in [6, 6.07) is 7.51.